The van der Waals surface area contributed by atoms with Gasteiger partial charge in [0.25, 0.3) is 0 Å². The fraction of sp³-hybridized carbons (Fsp3) is 0.105. The van der Waals surface area contributed by atoms with Gasteiger partial charge in [-0.25, -0.2) is 0 Å². The summed E-state index contributed by atoms with van der Waals surface area (Å²) in [5.41, 5.74) is 5.90. The molecular weight excluding hydrogens is 319 g/mol. The van der Waals surface area contributed by atoms with E-state index < -0.39 is 21.3 Å². The molecule has 0 N–H and O–H groups in total. The van der Waals surface area contributed by atoms with Gasteiger partial charge in [-0.3, -0.25) is 0 Å². The summed E-state index contributed by atoms with van der Waals surface area (Å²) < 4.78 is 5.93. The summed E-state index contributed by atoms with van der Waals surface area (Å²) in [5, 5.41) is 0. The topological polar surface area (TPSA) is 0 Å². The molecule has 0 aromatic heterocycles. The van der Waals surface area contributed by atoms with Crippen molar-refractivity contribution in [1.82, 2.24) is 0 Å². The van der Waals surface area contributed by atoms with Gasteiger partial charge in [-0.05, 0) is 0 Å². The molecule has 96 valence electrons. The van der Waals surface area contributed by atoms with E-state index in [4.69, 9.17) is 4.21 Å². The predicted molar refractivity (Wildman–Crippen MR) is 82.9 cm³/mol. The zero-order valence-corrected chi connectivity index (χ0v) is 13.7. The third-order valence-electron chi connectivity index (χ3n) is 4.38. The van der Waals surface area contributed by atoms with E-state index in [2.05, 4.69) is 72.8 Å². The molecule has 20 heavy (non-hydrogen) atoms. The van der Waals surface area contributed by atoms with Crippen LogP contribution in [0.4, 0.5) is 0 Å². The first-order valence-corrected chi connectivity index (χ1v) is 11.7. The molecule has 4 rings (SSSR count). The zero-order chi connectivity index (χ0) is 13.5. The maximum absolute atomic E-state index is 4.69. The maximum atomic E-state index is 4.69. The molecular formula is C19H16Zr. The van der Waals surface area contributed by atoms with Crippen molar-refractivity contribution in [2.24, 2.45) is 0 Å². The molecule has 0 amide bonds. The second-order valence-corrected chi connectivity index (χ2v) is 11.4. The van der Waals surface area contributed by atoms with Crippen LogP contribution in [0.2, 0.25) is 3.63 Å². The summed E-state index contributed by atoms with van der Waals surface area (Å²) in [5.74, 6) is 0. The Labute approximate surface area is 127 Å². The van der Waals surface area contributed by atoms with E-state index >= 15 is 0 Å². The van der Waals surface area contributed by atoms with Gasteiger partial charge in [0, 0.05) is 0 Å². The van der Waals surface area contributed by atoms with Gasteiger partial charge >= 0.3 is 128 Å². The normalized spacial score (nSPS) is 16.4. The molecule has 0 nitrogen and oxygen atoms in total. The average molecular weight is 336 g/mol. The molecule has 0 fully saturated rings. The standard InChI is InChI=1S/C13H9.C5H5.CH2.Zr/c1-3-7-12-10(5-1)9-11-6-2-4-8-13(11)12;1-2-4-5-3-1;;/h1-9H;1-5H;1H2;. The average Bonchev–Trinajstić information content (AvgIpc) is 3.13. The first-order chi connectivity index (χ1) is 9.86. The Bertz CT molecular complexity index is 694. The molecule has 2 aromatic carbocycles. The number of fused-ring (bicyclic) bond motifs is 3. The molecule has 0 atom stereocenters. The van der Waals surface area contributed by atoms with Gasteiger partial charge in [-0.1, -0.05) is 0 Å². The third-order valence-corrected chi connectivity index (χ3v) is 10.8. The molecule has 0 radical (unpaired) electrons. The van der Waals surface area contributed by atoms with Crippen LogP contribution in [0, 0.1) is 0 Å². The second kappa shape index (κ2) is 4.90. The van der Waals surface area contributed by atoms with Gasteiger partial charge in [-0.15, -0.1) is 0 Å². The molecule has 2 aliphatic carbocycles. The number of benzene rings is 2. The van der Waals surface area contributed by atoms with Crippen molar-refractivity contribution in [3.05, 3.63) is 84.0 Å². The first kappa shape index (κ1) is 12.4. The minimum absolute atomic E-state index is 0.599. The molecule has 2 aliphatic rings. The van der Waals surface area contributed by atoms with Crippen LogP contribution in [0.15, 0.2) is 72.8 Å². The van der Waals surface area contributed by atoms with E-state index in [1.54, 1.807) is 0 Å². The monoisotopic (exact) mass is 334 g/mol. The summed E-state index contributed by atoms with van der Waals surface area (Å²) in [6.07, 6.45) is 9.07. The second-order valence-electron chi connectivity index (χ2n) is 5.48. The van der Waals surface area contributed by atoms with E-state index in [9.17, 15) is 0 Å². The van der Waals surface area contributed by atoms with Gasteiger partial charge in [0.1, 0.15) is 0 Å². The zero-order valence-electron chi connectivity index (χ0n) is 11.3. The molecule has 0 spiro atoms. The summed E-state index contributed by atoms with van der Waals surface area (Å²) in [4.78, 5) is 0. The fourth-order valence-corrected chi connectivity index (χ4v) is 9.34. The quantitative estimate of drug-likeness (QED) is 0.745. The Balaban J connectivity index is 1.89. The fourth-order valence-electron chi connectivity index (χ4n) is 3.43. The van der Waals surface area contributed by atoms with E-state index in [1.807, 2.05) is 0 Å². The van der Waals surface area contributed by atoms with Crippen LogP contribution in [0.3, 0.4) is 0 Å². The molecule has 0 saturated carbocycles. The van der Waals surface area contributed by atoms with Crippen molar-refractivity contribution in [2.45, 2.75) is 7.25 Å². The Morgan fingerprint density at radius 2 is 1.25 bits per heavy atom. The summed E-state index contributed by atoms with van der Waals surface area (Å²) in [6.45, 7) is 0. The Hall–Kier alpha value is -1.33. The summed E-state index contributed by atoms with van der Waals surface area (Å²) in [6, 6.07) is 17.8. The van der Waals surface area contributed by atoms with Crippen LogP contribution in [0.1, 0.15) is 14.8 Å². The van der Waals surface area contributed by atoms with Crippen LogP contribution < -0.4 is 0 Å². The van der Waals surface area contributed by atoms with Crippen molar-refractivity contribution in [1.29, 1.82) is 0 Å². The van der Waals surface area contributed by atoms with Gasteiger partial charge < -0.3 is 0 Å². The Morgan fingerprint density at radius 1 is 0.750 bits per heavy atom. The van der Waals surface area contributed by atoms with E-state index in [0.717, 1.165) is 0 Å². The molecule has 0 aliphatic heterocycles. The van der Waals surface area contributed by atoms with Crippen LogP contribution in [0.25, 0.3) is 11.1 Å². The molecule has 2 aromatic rings. The van der Waals surface area contributed by atoms with Gasteiger partial charge in [0.15, 0.2) is 0 Å². The SMILES string of the molecule is [CH2]=[Zr]([CH]1C=CC=C1)[CH]1c2ccccc2-c2ccccc21. The van der Waals surface area contributed by atoms with Crippen LogP contribution in [0.5, 0.6) is 0 Å². The molecule has 0 heterocycles. The Morgan fingerprint density at radius 3 is 1.80 bits per heavy atom. The van der Waals surface area contributed by atoms with Gasteiger partial charge in [0.05, 0.1) is 0 Å². The van der Waals surface area contributed by atoms with Crippen molar-refractivity contribution >= 4 is 4.21 Å². The van der Waals surface area contributed by atoms with Crippen LogP contribution in [-0.2, 0) is 21.3 Å². The number of allylic oxidation sites excluding steroid dienone is 4. The van der Waals surface area contributed by atoms with Crippen LogP contribution in [-0.4, -0.2) is 4.21 Å². The van der Waals surface area contributed by atoms with Crippen molar-refractivity contribution in [3.8, 4) is 11.1 Å². The van der Waals surface area contributed by atoms with Crippen LogP contribution >= 0.6 is 0 Å². The Kier molecular flexibility index (Phi) is 3.04. The van der Waals surface area contributed by atoms with E-state index in [0.29, 0.717) is 7.25 Å². The van der Waals surface area contributed by atoms with Crippen molar-refractivity contribution in [3.63, 3.8) is 0 Å². The van der Waals surface area contributed by atoms with E-state index in [1.165, 1.54) is 22.3 Å². The first-order valence-electron chi connectivity index (χ1n) is 7.08. The molecule has 0 saturated heterocycles. The van der Waals surface area contributed by atoms with Crippen molar-refractivity contribution < 1.29 is 21.3 Å². The number of rotatable bonds is 2. The third kappa shape index (κ3) is 1.80. The van der Waals surface area contributed by atoms with E-state index in [-0.39, 0.29) is 0 Å². The van der Waals surface area contributed by atoms with Gasteiger partial charge in [-0.2, -0.15) is 0 Å². The predicted octanol–water partition coefficient (Wildman–Crippen LogP) is 4.72. The summed E-state index contributed by atoms with van der Waals surface area (Å²) in [7, 11) is 0. The number of hydrogen-bond acceptors (Lipinski definition) is 0. The van der Waals surface area contributed by atoms with Gasteiger partial charge in [0.2, 0.25) is 0 Å². The van der Waals surface area contributed by atoms with Crippen molar-refractivity contribution in [2.75, 3.05) is 0 Å². The number of hydrogen-bond donors (Lipinski definition) is 0. The minimum atomic E-state index is -1.85. The molecule has 0 unspecified atom stereocenters. The molecule has 1 heteroatoms. The summed E-state index contributed by atoms with van der Waals surface area (Å²) >= 11 is -1.85. The molecule has 0 bridgehead atoms.